The molecule has 0 radical (unpaired) electrons. The summed E-state index contributed by atoms with van der Waals surface area (Å²) < 4.78 is 0. The zero-order valence-corrected chi connectivity index (χ0v) is 14.2. The molecule has 3 amide bonds. The zero-order chi connectivity index (χ0) is 16.3. The molecular formula is C15H22N4O2S. The summed E-state index contributed by atoms with van der Waals surface area (Å²) in [7, 11) is 0. The summed E-state index contributed by atoms with van der Waals surface area (Å²) in [4.78, 5) is 30.2. The first-order valence-corrected chi connectivity index (χ1v) is 8.33. The van der Waals surface area contributed by atoms with Crippen molar-refractivity contribution in [3.63, 3.8) is 0 Å². The Bertz CT molecular complexity index is 589. The van der Waals surface area contributed by atoms with E-state index in [4.69, 9.17) is 0 Å². The largest absolute Gasteiger partial charge is 0.352 e. The summed E-state index contributed by atoms with van der Waals surface area (Å²) >= 11 is 1.66. The lowest BCUT2D eigenvalue weighted by molar-refractivity contribution is -0.120. The second-order valence-corrected chi connectivity index (χ2v) is 6.70. The van der Waals surface area contributed by atoms with Crippen LogP contribution in [-0.4, -0.2) is 41.8 Å². The smallest absolute Gasteiger partial charge is 0.322 e. The van der Waals surface area contributed by atoms with E-state index < -0.39 is 0 Å². The lowest BCUT2D eigenvalue weighted by atomic mass is 10.2. The fourth-order valence-electron chi connectivity index (χ4n) is 2.40. The van der Waals surface area contributed by atoms with Crippen LogP contribution in [-0.2, 0) is 4.79 Å². The maximum Gasteiger partial charge on any atom is 0.322 e. The van der Waals surface area contributed by atoms with Crippen LogP contribution < -0.4 is 15.5 Å². The molecule has 6 nitrogen and oxygen atoms in total. The molecule has 7 heteroatoms. The van der Waals surface area contributed by atoms with Crippen molar-refractivity contribution < 1.29 is 9.59 Å². The lowest BCUT2D eigenvalue weighted by Gasteiger charge is -2.30. The van der Waals surface area contributed by atoms with Gasteiger partial charge >= 0.3 is 6.03 Å². The minimum absolute atomic E-state index is 0.0195. The van der Waals surface area contributed by atoms with Crippen LogP contribution in [0, 0.1) is 13.8 Å². The number of amides is 3. The molecule has 2 N–H and O–H groups in total. The van der Waals surface area contributed by atoms with Crippen LogP contribution in [0.2, 0.25) is 0 Å². The third-order valence-electron chi connectivity index (χ3n) is 3.20. The number of carbonyl (C=O) groups excluding carboxylic acids is 2. The minimum Gasteiger partial charge on any atom is -0.352 e. The number of pyridine rings is 1. The highest BCUT2D eigenvalue weighted by atomic mass is 32.2. The van der Waals surface area contributed by atoms with E-state index in [-0.39, 0.29) is 24.5 Å². The number of nitrogens with zero attached hydrogens (tertiary/aromatic N) is 2. The summed E-state index contributed by atoms with van der Waals surface area (Å²) in [6.45, 7) is 8.29. The van der Waals surface area contributed by atoms with Gasteiger partial charge in [-0.2, -0.15) is 0 Å². The van der Waals surface area contributed by atoms with E-state index in [9.17, 15) is 9.59 Å². The minimum atomic E-state index is -0.255. The van der Waals surface area contributed by atoms with Gasteiger partial charge in [0.2, 0.25) is 5.91 Å². The first kappa shape index (κ1) is 16.6. The van der Waals surface area contributed by atoms with Gasteiger partial charge in [0.15, 0.2) is 0 Å². The van der Waals surface area contributed by atoms with Crippen molar-refractivity contribution in [3.05, 3.63) is 17.3 Å². The molecule has 0 aliphatic carbocycles. The van der Waals surface area contributed by atoms with Gasteiger partial charge in [-0.15, -0.1) is 11.8 Å². The molecule has 0 atom stereocenters. The van der Waals surface area contributed by atoms with E-state index in [1.807, 2.05) is 33.8 Å². The molecule has 1 aliphatic heterocycles. The average molecular weight is 322 g/mol. The van der Waals surface area contributed by atoms with Crippen LogP contribution in [0.4, 0.5) is 10.5 Å². The molecule has 0 saturated heterocycles. The van der Waals surface area contributed by atoms with Crippen molar-refractivity contribution in [2.45, 2.75) is 38.8 Å². The highest BCUT2D eigenvalue weighted by Crippen LogP contribution is 2.36. The van der Waals surface area contributed by atoms with Crippen molar-refractivity contribution in [1.29, 1.82) is 0 Å². The van der Waals surface area contributed by atoms with E-state index >= 15 is 0 Å². The maximum absolute atomic E-state index is 12.4. The van der Waals surface area contributed by atoms with Crippen LogP contribution >= 0.6 is 11.8 Å². The van der Waals surface area contributed by atoms with Crippen LogP contribution in [0.25, 0.3) is 0 Å². The predicted molar refractivity (Wildman–Crippen MR) is 88.5 cm³/mol. The van der Waals surface area contributed by atoms with Crippen molar-refractivity contribution in [3.8, 4) is 0 Å². The average Bonchev–Trinajstić information content (AvgIpc) is 2.43. The number of hydrogen-bond donors (Lipinski definition) is 2. The van der Waals surface area contributed by atoms with Gasteiger partial charge in [-0.1, -0.05) is 0 Å². The Hall–Kier alpha value is -1.76. The Kier molecular flexibility index (Phi) is 5.28. The maximum atomic E-state index is 12.4. The third kappa shape index (κ3) is 3.91. The Balaban J connectivity index is 2.08. The SMILES string of the molecule is Cc1cc(C)c2c(n1)SCCN2C(=O)NCC(=O)NC(C)C. The molecule has 0 spiro atoms. The number of thioether (sulfide) groups is 1. The Morgan fingerprint density at radius 2 is 2.14 bits per heavy atom. The number of hydrogen-bond acceptors (Lipinski definition) is 4. The molecular weight excluding hydrogens is 300 g/mol. The Morgan fingerprint density at radius 1 is 1.41 bits per heavy atom. The van der Waals surface area contributed by atoms with Gasteiger partial charge in [-0.3, -0.25) is 9.69 Å². The predicted octanol–water partition coefficient (Wildman–Crippen LogP) is 1.84. The zero-order valence-electron chi connectivity index (χ0n) is 13.4. The van der Waals surface area contributed by atoms with Gasteiger partial charge in [0.05, 0.1) is 12.2 Å². The number of aryl methyl sites for hydroxylation is 2. The number of nitrogens with one attached hydrogen (secondary N) is 2. The number of anilines is 1. The van der Waals surface area contributed by atoms with Gasteiger partial charge in [0.1, 0.15) is 5.03 Å². The molecule has 2 heterocycles. The lowest BCUT2D eigenvalue weighted by Crippen LogP contribution is -2.47. The summed E-state index contributed by atoms with van der Waals surface area (Å²) in [6.07, 6.45) is 0. The number of fused-ring (bicyclic) bond motifs is 1. The van der Waals surface area contributed by atoms with E-state index in [1.54, 1.807) is 16.7 Å². The number of rotatable bonds is 3. The van der Waals surface area contributed by atoms with E-state index in [0.29, 0.717) is 6.54 Å². The standard InChI is InChI=1S/C15H22N4O2S/c1-9(2)17-12(20)8-16-15(21)19-5-6-22-14-13(19)10(3)7-11(4)18-14/h7,9H,5-6,8H2,1-4H3,(H,16,21)(H,17,20). The molecule has 1 aromatic rings. The second-order valence-electron chi connectivity index (χ2n) is 5.62. The van der Waals surface area contributed by atoms with Crippen LogP contribution in [0.3, 0.4) is 0 Å². The van der Waals surface area contributed by atoms with Crippen molar-refractivity contribution in [2.75, 3.05) is 23.7 Å². The second kappa shape index (κ2) is 7.00. The Labute approximate surface area is 135 Å². The van der Waals surface area contributed by atoms with E-state index in [0.717, 1.165) is 27.7 Å². The molecule has 0 unspecified atom stereocenters. The van der Waals surface area contributed by atoms with Crippen LogP contribution in [0.1, 0.15) is 25.1 Å². The van der Waals surface area contributed by atoms with Crippen molar-refractivity contribution in [2.24, 2.45) is 0 Å². The third-order valence-corrected chi connectivity index (χ3v) is 4.14. The molecule has 0 bridgehead atoms. The molecule has 0 fully saturated rings. The van der Waals surface area contributed by atoms with Crippen molar-refractivity contribution in [1.82, 2.24) is 15.6 Å². The summed E-state index contributed by atoms with van der Waals surface area (Å²) in [6, 6.07) is 1.77. The summed E-state index contributed by atoms with van der Waals surface area (Å²) in [5, 5.41) is 6.31. The highest BCUT2D eigenvalue weighted by Gasteiger charge is 2.26. The monoisotopic (exact) mass is 322 g/mol. The topological polar surface area (TPSA) is 74.3 Å². The first-order chi connectivity index (χ1) is 10.4. The first-order valence-electron chi connectivity index (χ1n) is 7.34. The van der Waals surface area contributed by atoms with Crippen molar-refractivity contribution >= 4 is 29.4 Å². The van der Waals surface area contributed by atoms with E-state index in [2.05, 4.69) is 15.6 Å². The Morgan fingerprint density at radius 3 is 2.82 bits per heavy atom. The number of aromatic nitrogens is 1. The highest BCUT2D eigenvalue weighted by molar-refractivity contribution is 7.99. The van der Waals surface area contributed by atoms with Gasteiger partial charge in [0, 0.05) is 24.0 Å². The fraction of sp³-hybridized carbons (Fsp3) is 0.533. The normalized spacial score (nSPS) is 13.8. The summed E-state index contributed by atoms with van der Waals surface area (Å²) in [5.74, 6) is 0.614. The molecule has 120 valence electrons. The molecule has 1 aliphatic rings. The van der Waals surface area contributed by atoms with Gasteiger partial charge in [-0.05, 0) is 39.3 Å². The quantitative estimate of drug-likeness (QED) is 0.890. The van der Waals surface area contributed by atoms with Gasteiger partial charge < -0.3 is 10.6 Å². The molecule has 2 rings (SSSR count). The van der Waals surface area contributed by atoms with Gasteiger partial charge in [-0.25, -0.2) is 9.78 Å². The molecule has 0 saturated carbocycles. The van der Waals surface area contributed by atoms with E-state index in [1.165, 1.54) is 0 Å². The fourth-order valence-corrected chi connectivity index (χ4v) is 3.48. The number of urea groups is 1. The molecule has 22 heavy (non-hydrogen) atoms. The molecule has 1 aromatic heterocycles. The van der Waals surface area contributed by atoms with Gasteiger partial charge in [0.25, 0.3) is 0 Å². The number of carbonyl (C=O) groups is 2. The molecule has 0 aromatic carbocycles. The summed E-state index contributed by atoms with van der Waals surface area (Å²) in [5.41, 5.74) is 2.82. The van der Waals surface area contributed by atoms with Crippen LogP contribution in [0.5, 0.6) is 0 Å². The van der Waals surface area contributed by atoms with Crippen LogP contribution in [0.15, 0.2) is 11.1 Å².